The van der Waals surface area contributed by atoms with E-state index in [2.05, 4.69) is 4.90 Å². The van der Waals surface area contributed by atoms with Crippen molar-refractivity contribution in [1.29, 1.82) is 0 Å². The molecule has 168 valence electrons. The lowest BCUT2D eigenvalue weighted by Crippen LogP contribution is -2.46. The number of rotatable bonds is 6. The van der Waals surface area contributed by atoms with Gasteiger partial charge in [0.05, 0.1) is 30.8 Å². The minimum atomic E-state index is -1.32. The molecule has 1 aromatic carbocycles. The number of aromatic carboxylic acids is 1. The molecule has 2 aromatic heterocycles. The minimum absolute atomic E-state index is 0.0337. The fourth-order valence-corrected chi connectivity index (χ4v) is 4.48. The van der Waals surface area contributed by atoms with Crippen LogP contribution in [0.4, 0.5) is 10.1 Å². The second-order valence-electron chi connectivity index (χ2n) is 8.29. The van der Waals surface area contributed by atoms with E-state index in [1.54, 1.807) is 10.8 Å². The molecule has 2 aliphatic rings. The van der Waals surface area contributed by atoms with Gasteiger partial charge in [-0.15, -0.1) is 0 Å². The van der Waals surface area contributed by atoms with Crippen molar-refractivity contribution in [1.82, 2.24) is 9.47 Å². The van der Waals surface area contributed by atoms with Crippen LogP contribution in [0.25, 0.3) is 10.9 Å². The largest absolute Gasteiger partial charge is 0.492 e. The molecule has 1 aliphatic heterocycles. The summed E-state index contributed by atoms with van der Waals surface area (Å²) in [6.07, 6.45) is 4.77. The normalized spacial score (nSPS) is 17.1. The highest BCUT2D eigenvalue weighted by molar-refractivity contribution is 5.97. The zero-order chi connectivity index (χ0) is 22.4. The molecule has 1 saturated heterocycles. The van der Waals surface area contributed by atoms with E-state index in [-0.39, 0.29) is 22.7 Å². The predicted octanol–water partition coefficient (Wildman–Crippen LogP) is 3.10. The lowest BCUT2D eigenvalue weighted by Gasteiger charge is -2.36. The molecule has 3 heterocycles. The summed E-state index contributed by atoms with van der Waals surface area (Å²) >= 11 is 0. The van der Waals surface area contributed by atoms with E-state index in [0.29, 0.717) is 43.9 Å². The number of furan rings is 1. The summed E-state index contributed by atoms with van der Waals surface area (Å²) in [7, 11) is 1.46. The number of ether oxygens (including phenoxy) is 1. The third kappa shape index (κ3) is 3.52. The van der Waals surface area contributed by atoms with Crippen LogP contribution in [-0.2, 0) is 6.54 Å². The summed E-state index contributed by atoms with van der Waals surface area (Å²) in [5.41, 5.74) is -0.282. The average molecular weight is 441 g/mol. The molecule has 1 saturated carbocycles. The maximum atomic E-state index is 15.4. The van der Waals surface area contributed by atoms with Gasteiger partial charge in [0.15, 0.2) is 11.6 Å². The van der Waals surface area contributed by atoms with Crippen LogP contribution < -0.4 is 15.1 Å². The topological polar surface area (TPSA) is 88.2 Å². The number of piperazine rings is 1. The number of halogens is 1. The molecule has 0 unspecified atom stereocenters. The Morgan fingerprint density at radius 3 is 2.62 bits per heavy atom. The number of anilines is 1. The van der Waals surface area contributed by atoms with E-state index in [1.807, 2.05) is 17.0 Å². The monoisotopic (exact) mass is 441 g/mol. The minimum Gasteiger partial charge on any atom is -0.492 e. The number of methoxy groups -OCH3 is 1. The number of pyridine rings is 1. The van der Waals surface area contributed by atoms with Gasteiger partial charge in [0.25, 0.3) is 0 Å². The van der Waals surface area contributed by atoms with Crippen molar-refractivity contribution >= 4 is 22.6 Å². The Bertz CT molecular complexity index is 1220. The van der Waals surface area contributed by atoms with Crippen LogP contribution in [0.2, 0.25) is 0 Å². The SMILES string of the molecule is COc1c(N2CCN(Cc3ccco3)CC2)c(F)cc2c(=O)c(C(=O)O)cn(C3CC3)c12. The number of hydrogen-bond acceptors (Lipinski definition) is 6. The standard InChI is InChI=1S/C23H24FN3O5/c1-31-22-19-16(21(28)17(23(29)30)13-27(19)14-4-5-14)11-18(24)20(22)26-8-6-25(7-9-26)12-15-3-2-10-32-15/h2-3,10-11,13-14H,4-9,12H2,1H3,(H,29,30). The second-order valence-corrected chi connectivity index (χ2v) is 8.29. The highest BCUT2D eigenvalue weighted by Gasteiger charge is 2.32. The first-order chi connectivity index (χ1) is 15.5. The molecule has 2 fully saturated rings. The summed E-state index contributed by atoms with van der Waals surface area (Å²) in [4.78, 5) is 28.6. The first-order valence-electron chi connectivity index (χ1n) is 10.7. The Morgan fingerprint density at radius 2 is 2.03 bits per heavy atom. The van der Waals surface area contributed by atoms with E-state index < -0.39 is 17.2 Å². The van der Waals surface area contributed by atoms with Gasteiger partial charge < -0.3 is 23.7 Å². The van der Waals surface area contributed by atoms with Gasteiger partial charge in [-0.3, -0.25) is 9.69 Å². The highest BCUT2D eigenvalue weighted by Crippen LogP contribution is 2.43. The van der Waals surface area contributed by atoms with Gasteiger partial charge in [-0.25, -0.2) is 9.18 Å². The third-order valence-corrected chi connectivity index (χ3v) is 6.22. The Morgan fingerprint density at radius 1 is 1.28 bits per heavy atom. The van der Waals surface area contributed by atoms with E-state index in [4.69, 9.17) is 9.15 Å². The fourth-order valence-electron chi connectivity index (χ4n) is 4.48. The van der Waals surface area contributed by atoms with Crippen molar-refractivity contribution in [3.63, 3.8) is 0 Å². The first kappa shape index (κ1) is 20.6. The van der Waals surface area contributed by atoms with Crippen LogP contribution in [0, 0.1) is 5.82 Å². The maximum absolute atomic E-state index is 15.4. The van der Waals surface area contributed by atoms with E-state index >= 15 is 4.39 Å². The van der Waals surface area contributed by atoms with Gasteiger partial charge in [-0.05, 0) is 31.0 Å². The molecule has 9 heteroatoms. The fraction of sp³-hybridized carbons (Fsp3) is 0.391. The molecule has 0 amide bonds. The number of nitrogens with zero attached hydrogens (tertiary/aromatic N) is 3. The predicted molar refractivity (Wildman–Crippen MR) is 116 cm³/mol. The quantitative estimate of drug-likeness (QED) is 0.629. The van der Waals surface area contributed by atoms with Crippen LogP contribution in [0.1, 0.15) is 35.0 Å². The average Bonchev–Trinajstić information content (AvgIpc) is 3.50. The second kappa shape index (κ2) is 7.98. The number of hydrogen-bond donors (Lipinski definition) is 1. The van der Waals surface area contributed by atoms with Gasteiger partial charge >= 0.3 is 5.97 Å². The molecule has 1 N–H and O–H groups in total. The maximum Gasteiger partial charge on any atom is 0.341 e. The Labute approximate surface area is 183 Å². The third-order valence-electron chi connectivity index (χ3n) is 6.22. The molecule has 0 radical (unpaired) electrons. The van der Waals surface area contributed by atoms with Gasteiger partial charge in [-0.1, -0.05) is 0 Å². The summed E-state index contributed by atoms with van der Waals surface area (Å²) in [5.74, 6) is -0.741. The molecule has 3 aromatic rings. The number of benzene rings is 1. The van der Waals surface area contributed by atoms with Gasteiger partial charge in [-0.2, -0.15) is 0 Å². The molecule has 0 bridgehead atoms. The van der Waals surface area contributed by atoms with Crippen molar-refractivity contribution in [2.45, 2.75) is 25.4 Å². The zero-order valence-corrected chi connectivity index (χ0v) is 17.7. The van der Waals surface area contributed by atoms with Crippen LogP contribution in [0.3, 0.4) is 0 Å². The molecule has 8 nitrogen and oxygen atoms in total. The van der Waals surface area contributed by atoms with Crippen LogP contribution in [0.5, 0.6) is 5.75 Å². The van der Waals surface area contributed by atoms with Crippen molar-refractivity contribution in [3.05, 3.63) is 58.0 Å². The van der Waals surface area contributed by atoms with E-state index in [0.717, 1.165) is 24.7 Å². The number of aromatic nitrogens is 1. The van der Waals surface area contributed by atoms with Gasteiger partial charge in [0.1, 0.15) is 17.0 Å². The molecule has 5 rings (SSSR count). The molecule has 0 atom stereocenters. The number of carboxylic acid groups (broad SMARTS) is 1. The summed E-state index contributed by atoms with van der Waals surface area (Å²) in [5, 5.41) is 9.50. The van der Waals surface area contributed by atoms with Crippen LogP contribution in [0.15, 0.2) is 39.9 Å². The summed E-state index contributed by atoms with van der Waals surface area (Å²) in [6, 6.07) is 5.03. The lowest BCUT2D eigenvalue weighted by atomic mass is 10.1. The molecule has 0 spiro atoms. The first-order valence-corrected chi connectivity index (χ1v) is 10.7. The molecular formula is C23H24FN3O5. The summed E-state index contributed by atoms with van der Waals surface area (Å²) < 4.78 is 28.2. The van der Waals surface area contributed by atoms with Crippen molar-refractivity contribution in [3.8, 4) is 5.75 Å². The smallest absolute Gasteiger partial charge is 0.341 e. The van der Waals surface area contributed by atoms with Gasteiger partial charge in [0.2, 0.25) is 5.43 Å². The molecule has 32 heavy (non-hydrogen) atoms. The van der Waals surface area contributed by atoms with Crippen LogP contribution >= 0.6 is 0 Å². The highest BCUT2D eigenvalue weighted by atomic mass is 19.1. The van der Waals surface area contributed by atoms with E-state index in [9.17, 15) is 14.7 Å². The van der Waals surface area contributed by atoms with Crippen LogP contribution in [-0.4, -0.2) is 53.8 Å². The summed E-state index contributed by atoms with van der Waals surface area (Å²) in [6.45, 7) is 3.29. The number of carbonyl (C=O) groups is 1. The van der Waals surface area contributed by atoms with Crippen molar-refractivity contribution in [2.75, 3.05) is 38.2 Å². The Balaban J connectivity index is 1.55. The van der Waals surface area contributed by atoms with Crippen molar-refractivity contribution < 1.29 is 23.4 Å². The number of carboxylic acids is 1. The molecular weight excluding hydrogens is 417 g/mol. The number of fused-ring (bicyclic) bond motifs is 1. The van der Waals surface area contributed by atoms with Gasteiger partial charge in [0, 0.05) is 38.4 Å². The van der Waals surface area contributed by atoms with E-state index in [1.165, 1.54) is 13.3 Å². The lowest BCUT2D eigenvalue weighted by molar-refractivity contribution is 0.0695. The zero-order valence-electron chi connectivity index (χ0n) is 17.7. The van der Waals surface area contributed by atoms with Crippen molar-refractivity contribution in [2.24, 2.45) is 0 Å². The Kier molecular flexibility index (Phi) is 5.13. The Hall–Kier alpha value is -3.33. The molecule has 1 aliphatic carbocycles.